The molecule has 0 unspecified atom stereocenters. The van der Waals surface area contributed by atoms with Crippen LogP contribution in [0.2, 0.25) is 0 Å². The standard InChI is InChI=1S/C16H28N2O/c19-16(6-5-13-3-1-2-4-13)18-9-7-14-11-17-12-15(14)8-10-18/h13-15,17H,1-12H2/t14-,15+. The van der Waals surface area contributed by atoms with Gasteiger partial charge in [0.05, 0.1) is 0 Å². The highest BCUT2D eigenvalue weighted by molar-refractivity contribution is 5.76. The van der Waals surface area contributed by atoms with Crippen molar-refractivity contribution in [2.45, 2.75) is 51.4 Å². The lowest BCUT2D eigenvalue weighted by molar-refractivity contribution is -0.131. The second kappa shape index (κ2) is 6.25. The Hall–Kier alpha value is -0.570. The second-order valence-corrected chi connectivity index (χ2v) is 6.83. The van der Waals surface area contributed by atoms with E-state index >= 15 is 0 Å². The van der Waals surface area contributed by atoms with Gasteiger partial charge in [-0.25, -0.2) is 0 Å². The van der Waals surface area contributed by atoms with Crippen LogP contribution in [0, 0.1) is 17.8 Å². The summed E-state index contributed by atoms with van der Waals surface area (Å²) in [6.45, 7) is 4.36. The van der Waals surface area contributed by atoms with Gasteiger partial charge in [-0.1, -0.05) is 25.7 Å². The monoisotopic (exact) mass is 264 g/mol. The first-order chi connectivity index (χ1) is 9.33. The fourth-order valence-electron chi connectivity index (χ4n) is 4.25. The smallest absolute Gasteiger partial charge is 0.222 e. The summed E-state index contributed by atoms with van der Waals surface area (Å²) < 4.78 is 0. The summed E-state index contributed by atoms with van der Waals surface area (Å²) in [4.78, 5) is 14.5. The third kappa shape index (κ3) is 3.31. The molecule has 0 aromatic heterocycles. The van der Waals surface area contributed by atoms with Crippen LogP contribution >= 0.6 is 0 Å². The van der Waals surface area contributed by atoms with Crippen LogP contribution in [0.5, 0.6) is 0 Å². The van der Waals surface area contributed by atoms with Crippen molar-refractivity contribution in [3.63, 3.8) is 0 Å². The normalized spacial score (nSPS) is 32.3. The Balaban J connectivity index is 1.44. The van der Waals surface area contributed by atoms with Crippen LogP contribution in [0.1, 0.15) is 51.4 Å². The number of likely N-dealkylation sites (tertiary alicyclic amines) is 1. The van der Waals surface area contributed by atoms with E-state index < -0.39 is 0 Å². The number of carbonyl (C=O) groups excluding carboxylic acids is 1. The van der Waals surface area contributed by atoms with Gasteiger partial charge in [-0.3, -0.25) is 4.79 Å². The van der Waals surface area contributed by atoms with Crippen LogP contribution in [0.15, 0.2) is 0 Å². The van der Waals surface area contributed by atoms with Gasteiger partial charge < -0.3 is 10.2 Å². The summed E-state index contributed by atoms with van der Waals surface area (Å²) in [6, 6.07) is 0. The lowest BCUT2D eigenvalue weighted by atomic mass is 9.92. The Kier molecular flexibility index (Phi) is 4.42. The van der Waals surface area contributed by atoms with E-state index in [0.29, 0.717) is 5.91 Å². The highest BCUT2D eigenvalue weighted by atomic mass is 16.2. The molecule has 3 fully saturated rings. The summed E-state index contributed by atoms with van der Waals surface area (Å²) in [5, 5.41) is 3.49. The molecule has 1 saturated carbocycles. The molecule has 0 aromatic carbocycles. The first-order valence-electron chi connectivity index (χ1n) is 8.31. The van der Waals surface area contributed by atoms with Gasteiger partial charge in [-0.15, -0.1) is 0 Å². The number of nitrogens with one attached hydrogen (secondary N) is 1. The molecule has 1 aliphatic carbocycles. The quantitative estimate of drug-likeness (QED) is 0.849. The van der Waals surface area contributed by atoms with Crippen molar-refractivity contribution >= 4 is 5.91 Å². The van der Waals surface area contributed by atoms with Crippen LogP contribution in [0.25, 0.3) is 0 Å². The lowest BCUT2D eigenvalue weighted by Gasteiger charge is -2.21. The minimum Gasteiger partial charge on any atom is -0.343 e. The maximum Gasteiger partial charge on any atom is 0.222 e. The molecular formula is C16H28N2O. The van der Waals surface area contributed by atoms with E-state index in [0.717, 1.165) is 43.7 Å². The van der Waals surface area contributed by atoms with Crippen molar-refractivity contribution in [1.29, 1.82) is 0 Å². The van der Waals surface area contributed by atoms with Crippen LogP contribution < -0.4 is 5.32 Å². The molecule has 0 aromatic rings. The fourth-order valence-corrected chi connectivity index (χ4v) is 4.25. The number of nitrogens with zero attached hydrogens (tertiary/aromatic N) is 1. The molecule has 3 aliphatic rings. The van der Waals surface area contributed by atoms with E-state index in [1.54, 1.807) is 0 Å². The van der Waals surface area contributed by atoms with Gasteiger partial charge in [-0.2, -0.15) is 0 Å². The molecule has 19 heavy (non-hydrogen) atoms. The third-order valence-electron chi connectivity index (χ3n) is 5.61. The average molecular weight is 264 g/mol. The maximum atomic E-state index is 12.3. The minimum atomic E-state index is 0.430. The lowest BCUT2D eigenvalue weighted by Crippen LogP contribution is -2.32. The summed E-state index contributed by atoms with van der Waals surface area (Å²) in [6.07, 6.45) is 9.88. The van der Waals surface area contributed by atoms with Gasteiger partial charge in [-0.05, 0) is 50.1 Å². The van der Waals surface area contributed by atoms with Crippen LogP contribution in [-0.4, -0.2) is 37.0 Å². The van der Waals surface area contributed by atoms with Crippen molar-refractivity contribution in [2.75, 3.05) is 26.2 Å². The number of fused-ring (bicyclic) bond motifs is 1. The molecule has 2 saturated heterocycles. The Bertz CT molecular complexity index is 298. The zero-order valence-corrected chi connectivity index (χ0v) is 12.1. The molecule has 108 valence electrons. The molecule has 0 spiro atoms. The predicted molar refractivity (Wildman–Crippen MR) is 76.9 cm³/mol. The SMILES string of the molecule is O=C(CCC1CCCC1)N1CC[C@@H]2CNC[C@@H]2CC1. The summed E-state index contributed by atoms with van der Waals surface area (Å²) >= 11 is 0. The Labute approximate surface area is 117 Å². The van der Waals surface area contributed by atoms with Gasteiger partial charge in [0.1, 0.15) is 0 Å². The average Bonchev–Trinajstić information content (AvgIpc) is 3.05. The van der Waals surface area contributed by atoms with Gasteiger partial charge >= 0.3 is 0 Å². The predicted octanol–water partition coefficient (Wildman–Crippen LogP) is 2.41. The van der Waals surface area contributed by atoms with Crippen molar-refractivity contribution in [2.24, 2.45) is 17.8 Å². The molecule has 0 radical (unpaired) electrons. The van der Waals surface area contributed by atoms with E-state index in [9.17, 15) is 4.79 Å². The molecule has 1 N–H and O–H groups in total. The van der Waals surface area contributed by atoms with E-state index in [2.05, 4.69) is 10.2 Å². The summed E-state index contributed by atoms with van der Waals surface area (Å²) in [7, 11) is 0. The molecular weight excluding hydrogens is 236 g/mol. The number of hydrogen-bond donors (Lipinski definition) is 1. The molecule has 2 atom stereocenters. The molecule has 3 nitrogen and oxygen atoms in total. The van der Waals surface area contributed by atoms with Gasteiger partial charge in [0.25, 0.3) is 0 Å². The van der Waals surface area contributed by atoms with Gasteiger partial charge in [0, 0.05) is 19.5 Å². The highest BCUT2D eigenvalue weighted by Gasteiger charge is 2.31. The molecule has 2 aliphatic heterocycles. The van der Waals surface area contributed by atoms with Crippen molar-refractivity contribution < 1.29 is 4.79 Å². The Morgan fingerprint density at radius 1 is 1.00 bits per heavy atom. The zero-order valence-electron chi connectivity index (χ0n) is 12.1. The first kappa shape index (κ1) is 13.4. The number of hydrogen-bond acceptors (Lipinski definition) is 2. The maximum absolute atomic E-state index is 12.3. The topological polar surface area (TPSA) is 32.3 Å². The fraction of sp³-hybridized carbons (Fsp3) is 0.938. The van der Waals surface area contributed by atoms with Gasteiger partial charge in [0.15, 0.2) is 0 Å². The Morgan fingerprint density at radius 3 is 2.26 bits per heavy atom. The van der Waals surface area contributed by atoms with E-state index in [1.807, 2.05) is 0 Å². The molecule has 3 rings (SSSR count). The number of carbonyl (C=O) groups is 1. The van der Waals surface area contributed by atoms with Crippen molar-refractivity contribution in [3.05, 3.63) is 0 Å². The molecule has 3 heteroatoms. The minimum absolute atomic E-state index is 0.430. The third-order valence-corrected chi connectivity index (χ3v) is 5.61. The number of amides is 1. The Morgan fingerprint density at radius 2 is 1.63 bits per heavy atom. The largest absolute Gasteiger partial charge is 0.343 e. The second-order valence-electron chi connectivity index (χ2n) is 6.83. The summed E-state index contributed by atoms with van der Waals surface area (Å²) in [5.41, 5.74) is 0. The van der Waals surface area contributed by atoms with E-state index in [-0.39, 0.29) is 0 Å². The van der Waals surface area contributed by atoms with Crippen molar-refractivity contribution in [3.8, 4) is 0 Å². The van der Waals surface area contributed by atoms with Crippen LogP contribution in [0.3, 0.4) is 0 Å². The van der Waals surface area contributed by atoms with Crippen LogP contribution in [-0.2, 0) is 4.79 Å². The highest BCUT2D eigenvalue weighted by Crippen LogP contribution is 2.30. The first-order valence-corrected chi connectivity index (χ1v) is 8.31. The van der Waals surface area contributed by atoms with E-state index in [4.69, 9.17) is 0 Å². The zero-order chi connectivity index (χ0) is 13.1. The van der Waals surface area contributed by atoms with E-state index in [1.165, 1.54) is 51.6 Å². The molecule has 1 amide bonds. The van der Waals surface area contributed by atoms with Crippen molar-refractivity contribution in [1.82, 2.24) is 10.2 Å². The number of rotatable bonds is 3. The summed E-state index contributed by atoms with van der Waals surface area (Å²) in [5.74, 6) is 2.93. The molecule has 0 bridgehead atoms. The molecule has 2 heterocycles. The van der Waals surface area contributed by atoms with Gasteiger partial charge in [0.2, 0.25) is 5.91 Å². The van der Waals surface area contributed by atoms with Crippen LogP contribution in [0.4, 0.5) is 0 Å².